The Balaban J connectivity index is 2.19. The van der Waals surface area contributed by atoms with Gasteiger partial charge in [0.2, 0.25) is 0 Å². The molecular formula is C16H22BrNO. The fraction of sp³-hybridized carbons (Fsp3) is 0.562. The van der Waals surface area contributed by atoms with Crippen LogP contribution in [-0.4, -0.2) is 23.4 Å². The number of carbonyl (C=O) groups is 1. The molecule has 0 aromatic heterocycles. The molecule has 0 atom stereocenters. The molecule has 0 heterocycles. The number of hydrogen-bond acceptors (Lipinski definition) is 1. The lowest BCUT2D eigenvalue weighted by atomic mass is 9.93. The molecule has 1 aromatic rings. The summed E-state index contributed by atoms with van der Waals surface area (Å²) < 4.78 is 0.909. The van der Waals surface area contributed by atoms with Crippen LogP contribution < -0.4 is 0 Å². The average molecular weight is 324 g/mol. The summed E-state index contributed by atoms with van der Waals surface area (Å²) in [5, 5.41) is 0. The lowest BCUT2D eigenvalue weighted by Crippen LogP contribution is -2.41. The first-order chi connectivity index (χ1) is 9.13. The van der Waals surface area contributed by atoms with Crippen molar-refractivity contribution in [3.05, 3.63) is 33.8 Å². The van der Waals surface area contributed by atoms with E-state index in [1.807, 2.05) is 25.1 Å². The summed E-state index contributed by atoms with van der Waals surface area (Å²) in [6.07, 6.45) is 6.13. The number of rotatable bonds is 3. The minimum Gasteiger partial charge on any atom is -0.336 e. The molecule has 1 saturated carbocycles. The summed E-state index contributed by atoms with van der Waals surface area (Å²) >= 11 is 3.52. The predicted octanol–water partition coefficient (Wildman–Crippen LogP) is 4.55. The Labute approximate surface area is 124 Å². The average Bonchev–Trinajstić information content (AvgIpc) is 2.40. The highest BCUT2D eigenvalue weighted by atomic mass is 79.9. The lowest BCUT2D eigenvalue weighted by molar-refractivity contribution is 0.0647. The summed E-state index contributed by atoms with van der Waals surface area (Å²) in [6.45, 7) is 4.91. The van der Waals surface area contributed by atoms with Crippen LogP contribution in [0.5, 0.6) is 0 Å². The van der Waals surface area contributed by atoms with Crippen LogP contribution in [0.1, 0.15) is 54.9 Å². The van der Waals surface area contributed by atoms with Crippen LogP contribution in [0.4, 0.5) is 0 Å². The molecule has 0 radical (unpaired) electrons. The van der Waals surface area contributed by atoms with Crippen LogP contribution >= 0.6 is 15.9 Å². The Kier molecular flexibility index (Phi) is 5.03. The molecule has 0 saturated heterocycles. The number of hydrogen-bond donors (Lipinski definition) is 0. The first-order valence-corrected chi connectivity index (χ1v) is 8.00. The Bertz CT molecular complexity index is 452. The maximum atomic E-state index is 12.7. The molecule has 1 fully saturated rings. The van der Waals surface area contributed by atoms with Crippen molar-refractivity contribution in [2.45, 2.75) is 52.0 Å². The van der Waals surface area contributed by atoms with Crippen molar-refractivity contribution in [1.29, 1.82) is 0 Å². The smallest absolute Gasteiger partial charge is 0.255 e. The second-order valence-electron chi connectivity index (χ2n) is 5.37. The molecule has 0 aliphatic heterocycles. The van der Waals surface area contributed by atoms with Crippen molar-refractivity contribution < 1.29 is 4.79 Å². The zero-order valence-corrected chi connectivity index (χ0v) is 13.4. The van der Waals surface area contributed by atoms with Crippen molar-refractivity contribution in [3.8, 4) is 0 Å². The number of aryl methyl sites for hydroxylation is 1. The Morgan fingerprint density at radius 2 is 2.00 bits per heavy atom. The molecule has 1 aliphatic rings. The molecule has 1 aromatic carbocycles. The summed E-state index contributed by atoms with van der Waals surface area (Å²) in [5.41, 5.74) is 1.96. The number of nitrogens with zero attached hydrogens (tertiary/aromatic N) is 1. The highest BCUT2D eigenvalue weighted by Gasteiger charge is 2.25. The van der Waals surface area contributed by atoms with E-state index in [1.54, 1.807) is 0 Å². The summed E-state index contributed by atoms with van der Waals surface area (Å²) in [4.78, 5) is 14.8. The van der Waals surface area contributed by atoms with Gasteiger partial charge in [-0.2, -0.15) is 0 Å². The van der Waals surface area contributed by atoms with Gasteiger partial charge in [-0.1, -0.05) is 25.3 Å². The molecule has 2 nitrogen and oxygen atoms in total. The lowest BCUT2D eigenvalue weighted by Gasteiger charge is -2.34. The minimum absolute atomic E-state index is 0.168. The van der Waals surface area contributed by atoms with Gasteiger partial charge in [-0.3, -0.25) is 4.79 Å². The maximum absolute atomic E-state index is 12.7. The van der Waals surface area contributed by atoms with E-state index >= 15 is 0 Å². The van der Waals surface area contributed by atoms with Crippen molar-refractivity contribution in [3.63, 3.8) is 0 Å². The van der Waals surface area contributed by atoms with Crippen LogP contribution in [0, 0.1) is 6.92 Å². The van der Waals surface area contributed by atoms with Gasteiger partial charge >= 0.3 is 0 Å². The zero-order chi connectivity index (χ0) is 13.8. The fourth-order valence-corrected chi connectivity index (χ4v) is 3.57. The highest BCUT2D eigenvalue weighted by Crippen LogP contribution is 2.26. The van der Waals surface area contributed by atoms with Gasteiger partial charge in [-0.25, -0.2) is 0 Å². The molecule has 0 N–H and O–H groups in total. The summed E-state index contributed by atoms with van der Waals surface area (Å²) in [6, 6.07) is 6.39. The number of carbonyl (C=O) groups excluding carboxylic acids is 1. The van der Waals surface area contributed by atoms with Gasteiger partial charge in [0.25, 0.3) is 5.91 Å². The molecule has 0 spiro atoms. The quantitative estimate of drug-likeness (QED) is 0.798. The molecule has 0 bridgehead atoms. The van der Waals surface area contributed by atoms with E-state index in [9.17, 15) is 4.79 Å². The van der Waals surface area contributed by atoms with E-state index < -0.39 is 0 Å². The van der Waals surface area contributed by atoms with E-state index in [2.05, 4.69) is 27.8 Å². The minimum atomic E-state index is 0.168. The van der Waals surface area contributed by atoms with Gasteiger partial charge in [0, 0.05) is 17.1 Å². The molecule has 2 rings (SSSR count). The predicted molar refractivity (Wildman–Crippen MR) is 82.5 cm³/mol. The Morgan fingerprint density at radius 1 is 1.32 bits per heavy atom. The first kappa shape index (κ1) is 14.6. The first-order valence-electron chi connectivity index (χ1n) is 7.20. The van der Waals surface area contributed by atoms with E-state index in [1.165, 1.54) is 24.8 Å². The third-order valence-electron chi connectivity index (χ3n) is 3.97. The van der Waals surface area contributed by atoms with Crippen LogP contribution in [0.2, 0.25) is 0 Å². The van der Waals surface area contributed by atoms with Crippen LogP contribution in [0.25, 0.3) is 0 Å². The molecular weight excluding hydrogens is 302 g/mol. The van der Waals surface area contributed by atoms with Gasteiger partial charge < -0.3 is 4.90 Å². The Hall–Kier alpha value is -0.830. The van der Waals surface area contributed by atoms with Gasteiger partial charge in [-0.15, -0.1) is 0 Å². The maximum Gasteiger partial charge on any atom is 0.255 e. The molecule has 104 valence electrons. The molecule has 19 heavy (non-hydrogen) atoms. The molecule has 1 aliphatic carbocycles. The van der Waals surface area contributed by atoms with Crippen molar-refractivity contribution in [2.24, 2.45) is 0 Å². The monoisotopic (exact) mass is 323 g/mol. The Morgan fingerprint density at radius 3 is 2.58 bits per heavy atom. The van der Waals surface area contributed by atoms with E-state index in [0.29, 0.717) is 6.04 Å². The normalized spacial score (nSPS) is 16.4. The second kappa shape index (κ2) is 6.56. The van der Waals surface area contributed by atoms with Crippen LogP contribution in [0.15, 0.2) is 22.7 Å². The largest absolute Gasteiger partial charge is 0.336 e. The van der Waals surface area contributed by atoms with Crippen molar-refractivity contribution in [1.82, 2.24) is 4.90 Å². The summed E-state index contributed by atoms with van der Waals surface area (Å²) in [7, 11) is 0. The topological polar surface area (TPSA) is 20.3 Å². The van der Waals surface area contributed by atoms with E-state index in [-0.39, 0.29) is 5.91 Å². The van der Waals surface area contributed by atoms with Gasteiger partial charge in [0.15, 0.2) is 0 Å². The molecule has 0 unspecified atom stereocenters. The zero-order valence-electron chi connectivity index (χ0n) is 11.8. The van der Waals surface area contributed by atoms with Crippen LogP contribution in [-0.2, 0) is 0 Å². The van der Waals surface area contributed by atoms with Gasteiger partial charge in [-0.05, 0) is 60.3 Å². The van der Waals surface area contributed by atoms with E-state index in [0.717, 1.165) is 29.4 Å². The van der Waals surface area contributed by atoms with Crippen molar-refractivity contribution >= 4 is 21.8 Å². The van der Waals surface area contributed by atoms with Crippen molar-refractivity contribution in [2.75, 3.05) is 6.54 Å². The number of halogens is 1. The van der Waals surface area contributed by atoms with E-state index in [4.69, 9.17) is 0 Å². The standard InChI is InChI=1S/C16H22BrNO/c1-3-18(13-7-5-4-6-8-13)16(19)14-10-9-12(2)11-15(14)17/h9-11,13H,3-8H2,1-2H3. The van der Waals surface area contributed by atoms with Gasteiger partial charge in [0.05, 0.1) is 5.56 Å². The number of amides is 1. The summed E-state index contributed by atoms with van der Waals surface area (Å²) in [5.74, 6) is 0.168. The number of benzene rings is 1. The molecule has 1 amide bonds. The second-order valence-corrected chi connectivity index (χ2v) is 6.22. The van der Waals surface area contributed by atoms with Gasteiger partial charge in [0.1, 0.15) is 0 Å². The van der Waals surface area contributed by atoms with Crippen LogP contribution in [0.3, 0.4) is 0 Å². The fourth-order valence-electron chi connectivity index (χ4n) is 2.91. The third-order valence-corrected chi connectivity index (χ3v) is 4.63. The highest BCUT2D eigenvalue weighted by molar-refractivity contribution is 9.10. The third kappa shape index (κ3) is 3.38. The SMILES string of the molecule is CCN(C(=O)c1ccc(C)cc1Br)C1CCCCC1. The molecule has 3 heteroatoms.